The second-order valence-corrected chi connectivity index (χ2v) is 19.4. The van der Waals surface area contributed by atoms with Crippen LogP contribution >= 0.6 is 11.8 Å². The summed E-state index contributed by atoms with van der Waals surface area (Å²) >= 11 is 1.89. The van der Waals surface area contributed by atoms with Gasteiger partial charge in [0.1, 0.15) is 11.7 Å². The Kier molecular flexibility index (Phi) is 9.02. The Bertz CT molecular complexity index is 3660. The van der Waals surface area contributed by atoms with Crippen molar-refractivity contribution in [3.05, 3.63) is 310 Å². The minimum absolute atomic E-state index is 0.422. The number of fused-ring (bicyclic) bond motifs is 15. The largest absolute Gasteiger partial charge is 0.324 e. The third-order valence-corrected chi connectivity index (χ3v) is 16.0. The van der Waals surface area contributed by atoms with Crippen molar-refractivity contribution in [1.82, 2.24) is 5.32 Å². The van der Waals surface area contributed by atoms with Crippen molar-refractivity contribution < 1.29 is 0 Å². The molecule has 2 spiro atoms. The molecule has 0 saturated heterocycles. The van der Waals surface area contributed by atoms with E-state index in [2.05, 4.69) is 248 Å². The van der Waals surface area contributed by atoms with Crippen molar-refractivity contribution in [3.63, 3.8) is 0 Å². The SMILES string of the molecule is c1ccc(-c2ccccc2C2=NC(c3ccccc3)N=C(c3cccc(-c4cccc5c4-c4ccccc4C54c5ccccc5C5(c6ccccc6Sc6ccccc65)c5ccccc54)c3)N2)cc1. The van der Waals surface area contributed by atoms with Gasteiger partial charge in [-0.15, -0.1) is 0 Å². The molecule has 14 rings (SSSR count). The van der Waals surface area contributed by atoms with E-state index < -0.39 is 17.0 Å². The molecule has 2 aliphatic carbocycles. The Morgan fingerprint density at radius 1 is 0.319 bits per heavy atom. The lowest BCUT2D eigenvalue weighted by Crippen LogP contribution is -2.45. The Labute approximate surface area is 406 Å². The average Bonchev–Trinajstić information content (AvgIpc) is 3.73. The third kappa shape index (κ3) is 5.76. The van der Waals surface area contributed by atoms with E-state index in [1.807, 2.05) is 17.8 Å². The number of nitrogens with zero attached hydrogens (tertiary/aromatic N) is 2. The highest BCUT2D eigenvalue weighted by atomic mass is 32.2. The summed E-state index contributed by atoms with van der Waals surface area (Å²) < 4.78 is 0. The molecule has 1 unspecified atom stereocenters. The molecule has 10 aromatic rings. The third-order valence-electron chi connectivity index (χ3n) is 14.9. The molecule has 2 aliphatic heterocycles. The van der Waals surface area contributed by atoms with Gasteiger partial charge in [0.15, 0.2) is 6.17 Å². The molecule has 3 nitrogen and oxygen atoms in total. The van der Waals surface area contributed by atoms with Crippen molar-refractivity contribution in [2.75, 3.05) is 0 Å². The van der Waals surface area contributed by atoms with E-state index in [9.17, 15) is 0 Å². The molecule has 1 N–H and O–H groups in total. The minimum atomic E-state index is -0.581. The zero-order valence-electron chi connectivity index (χ0n) is 37.6. The summed E-state index contributed by atoms with van der Waals surface area (Å²) in [7, 11) is 0. The molecule has 324 valence electrons. The lowest BCUT2D eigenvalue weighted by molar-refractivity contribution is 0.605. The molecule has 0 fully saturated rings. The van der Waals surface area contributed by atoms with Crippen LogP contribution in [0.25, 0.3) is 33.4 Å². The fraction of sp³-hybridized carbons (Fsp3) is 0.0462. The van der Waals surface area contributed by atoms with Crippen LogP contribution < -0.4 is 5.32 Å². The fourth-order valence-electron chi connectivity index (χ4n) is 12.2. The maximum Gasteiger partial charge on any atom is 0.169 e. The fourth-order valence-corrected chi connectivity index (χ4v) is 13.4. The highest BCUT2D eigenvalue weighted by Gasteiger charge is 2.58. The first-order valence-corrected chi connectivity index (χ1v) is 24.6. The van der Waals surface area contributed by atoms with Gasteiger partial charge in [-0.05, 0) is 102 Å². The van der Waals surface area contributed by atoms with Crippen molar-refractivity contribution in [2.24, 2.45) is 9.98 Å². The van der Waals surface area contributed by atoms with Crippen LogP contribution in [0.4, 0.5) is 0 Å². The Morgan fingerprint density at radius 3 is 1.41 bits per heavy atom. The Morgan fingerprint density at radius 2 is 0.754 bits per heavy atom. The number of benzene rings is 10. The van der Waals surface area contributed by atoms with Gasteiger partial charge in [-0.3, -0.25) is 0 Å². The molecule has 0 saturated carbocycles. The molecule has 2 heterocycles. The molecule has 10 aromatic carbocycles. The lowest BCUT2D eigenvalue weighted by Gasteiger charge is -2.51. The van der Waals surface area contributed by atoms with Gasteiger partial charge in [0, 0.05) is 20.9 Å². The standard InChI is InChI=1S/C65H43N3S/c1-3-21-42(22-4-1)46-27-7-8-28-48(46)63-67-61(43-23-5-2-6-24-43)66-62(68-63)45-26-19-25-44(41-45)47-30-20-38-57-60(47)49-29-9-10-31-50(49)64(57)51-32-11-13-34-53(51)65(54-35-14-12-33-52(54)64)55-36-15-17-39-58(55)69-59-40-18-16-37-56(59)65/h1-41,61H,(H,66,67,68). The van der Waals surface area contributed by atoms with E-state index in [-0.39, 0.29) is 0 Å². The van der Waals surface area contributed by atoms with E-state index in [0.29, 0.717) is 0 Å². The predicted octanol–water partition coefficient (Wildman–Crippen LogP) is 15.0. The van der Waals surface area contributed by atoms with Gasteiger partial charge >= 0.3 is 0 Å². The smallest absolute Gasteiger partial charge is 0.169 e. The normalized spacial score (nSPS) is 16.1. The first-order valence-electron chi connectivity index (χ1n) is 23.8. The van der Waals surface area contributed by atoms with Gasteiger partial charge in [0.05, 0.1) is 10.8 Å². The van der Waals surface area contributed by atoms with Gasteiger partial charge in [0.2, 0.25) is 0 Å². The maximum atomic E-state index is 5.35. The van der Waals surface area contributed by atoms with Crippen LogP contribution in [0.3, 0.4) is 0 Å². The van der Waals surface area contributed by atoms with E-state index >= 15 is 0 Å². The molecule has 0 radical (unpaired) electrons. The number of hydrogen-bond donors (Lipinski definition) is 1. The molecule has 0 aromatic heterocycles. The van der Waals surface area contributed by atoms with Crippen molar-refractivity contribution >= 4 is 23.4 Å². The number of aliphatic imine (C=N–C) groups is 2. The zero-order valence-corrected chi connectivity index (χ0v) is 38.4. The van der Waals surface area contributed by atoms with Gasteiger partial charge in [-0.2, -0.15) is 0 Å². The van der Waals surface area contributed by atoms with Gasteiger partial charge in [-0.1, -0.05) is 242 Å². The lowest BCUT2D eigenvalue weighted by atomic mass is 9.51. The van der Waals surface area contributed by atoms with E-state index in [4.69, 9.17) is 9.98 Å². The van der Waals surface area contributed by atoms with E-state index in [0.717, 1.165) is 45.1 Å². The van der Waals surface area contributed by atoms with Crippen LogP contribution in [0.5, 0.6) is 0 Å². The van der Waals surface area contributed by atoms with Crippen molar-refractivity contribution in [1.29, 1.82) is 0 Å². The van der Waals surface area contributed by atoms with Crippen LogP contribution in [-0.4, -0.2) is 11.7 Å². The quantitative estimate of drug-likeness (QED) is 0.187. The number of nitrogens with one attached hydrogen (secondary N) is 1. The summed E-state index contributed by atoms with van der Waals surface area (Å²) in [6.07, 6.45) is -0.422. The molecule has 69 heavy (non-hydrogen) atoms. The predicted molar refractivity (Wildman–Crippen MR) is 282 cm³/mol. The first-order chi connectivity index (χ1) is 34.2. The van der Waals surface area contributed by atoms with Gasteiger partial charge in [-0.25, -0.2) is 9.98 Å². The highest BCUT2D eigenvalue weighted by molar-refractivity contribution is 7.99. The number of amidine groups is 2. The second-order valence-electron chi connectivity index (χ2n) is 18.3. The van der Waals surface area contributed by atoms with Crippen LogP contribution in [0.1, 0.15) is 67.4 Å². The molecule has 1 atom stereocenters. The highest BCUT2D eigenvalue weighted by Crippen LogP contribution is 2.67. The topological polar surface area (TPSA) is 36.8 Å². The summed E-state index contributed by atoms with van der Waals surface area (Å²) in [5.74, 6) is 1.58. The summed E-state index contributed by atoms with van der Waals surface area (Å²) in [6, 6.07) is 91.4. The summed E-state index contributed by atoms with van der Waals surface area (Å²) in [6.45, 7) is 0. The van der Waals surface area contributed by atoms with Gasteiger partial charge in [0.25, 0.3) is 0 Å². The second kappa shape index (κ2) is 15.6. The molecule has 0 amide bonds. The summed E-state index contributed by atoms with van der Waals surface area (Å²) in [4.78, 5) is 13.3. The number of hydrogen-bond acceptors (Lipinski definition) is 4. The van der Waals surface area contributed by atoms with Crippen LogP contribution in [0.15, 0.2) is 268 Å². The van der Waals surface area contributed by atoms with Crippen molar-refractivity contribution in [3.8, 4) is 33.4 Å². The summed E-state index contributed by atoms with van der Waals surface area (Å²) in [5, 5.41) is 3.75. The first kappa shape index (κ1) is 39.8. The number of rotatable bonds is 5. The maximum absolute atomic E-state index is 5.35. The van der Waals surface area contributed by atoms with Crippen LogP contribution in [-0.2, 0) is 10.8 Å². The monoisotopic (exact) mass is 897 g/mol. The molecule has 4 heteroatoms. The van der Waals surface area contributed by atoms with E-state index in [1.165, 1.54) is 71.0 Å². The summed E-state index contributed by atoms with van der Waals surface area (Å²) in [5.41, 5.74) is 19.7. The minimum Gasteiger partial charge on any atom is -0.324 e. The average molecular weight is 898 g/mol. The molecular formula is C65H43N3S. The van der Waals surface area contributed by atoms with Crippen molar-refractivity contribution in [2.45, 2.75) is 26.8 Å². The zero-order chi connectivity index (χ0) is 45.5. The van der Waals surface area contributed by atoms with E-state index in [1.54, 1.807) is 0 Å². The molecule has 0 bridgehead atoms. The molecular weight excluding hydrogens is 855 g/mol. The Hall–Kier alpha value is -8.31. The van der Waals surface area contributed by atoms with Crippen LogP contribution in [0, 0.1) is 0 Å². The van der Waals surface area contributed by atoms with Crippen LogP contribution in [0.2, 0.25) is 0 Å². The Balaban J connectivity index is 0.961. The molecule has 4 aliphatic rings. The van der Waals surface area contributed by atoms with Gasteiger partial charge < -0.3 is 5.32 Å².